The van der Waals surface area contributed by atoms with E-state index in [1.165, 1.54) is 38.5 Å². The number of carbonyl (C=O) groups is 1. The summed E-state index contributed by atoms with van der Waals surface area (Å²) in [7, 11) is 2.13. The first-order valence-corrected chi connectivity index (χ1v) is 6.36. The third-order valence-electron chi connectivity index (χ3n) is 3.61. The number of hydrogen-bond acceptors (Lipinski definition) is 3. The predicted octanol–water partition coefficient (Wildman–Crippen LogP) is 0.844. The molecule has 1 fully saturated rings. The van der Waals surface area contributed by atoms with Crippen LogP contribution in [0.1, 0.15) is 44.9 Å². The largest absolute Gasteiger partial charge is 0.368 e. The molecule has 4 heteroatoms. The fourth-order valence-corrected chi connectivity index (χ4v) is 2.37. The molecular formula is C12H25N3O. The maximum absolute atomic E-state index is 10.8. The molecule has 0 radical (unpaired) electrons. The van der Waals surface area contributed by atoms with Crippen molar-refractivity contribution in [1.29, 1.82) is 0 Å². The molecule has 0 aliphatic heterocycles. The molecule has 94 valence electrons. The van der Waals surface area contributed by atoms with Crippen LogP contribution in [0.15, 0.2) is 0 Å². The first-order chi connectivity index (χ1) is 7.61. The summed E-state index contributed by atoms with van der Waals surface area (Å²) in [4.78, 5) is 13.2. The molecule has 1 aliphatic rings. The smallest absolute Gasteiger partial charge is 0.234 e. The van der Waals surface area contributed by atoms with Gasteiger partial charge in [0.15, 0.2) is 0 Å². The molecule has 1 aliphatic carbocycles. The Hall–Kier alpha value is -0.610. The molecule has 1 saturated carbocycles. The summed E-state index contributed by atoms with van der Waals surface area (Å²) in [5.41, 5.74) is 10.8. The van der Waals surface area contributed by atoms with Gasteiger partial charge in [0, 0.05) is 12.6 Å². The first kappa shape index (κ1) is 13.5. The molecule has 0 heterocycles. The minimum atomic E-state index is -0.492. The van der Waals surface area contributed by atoms with Crippen molar-refractivity contribution in [1.82, 2.24) is 4.90 Å². The van der Waals surface area contributed by atoms with Crippen LogP contribution in [-0.4, -0.2) is 36.5 Å². The molecule has 4 N–H and O–H groups in total. The van der Waals surface area contributed by atoms with Crippen LogP contribution in [0, 0.1) is 0 Å². The lowest BCUT2D eigenvalue weighted by Gasteiger charge is -2.27. The average molecular weight is 227 g/mol. The van der Waals surface area contributed by atoms with E-state index in [2.05, 4.69) is 11.9 Å². The van der Waals surface area contributed by atoms with Gasteiger partial charge in [-0.3, -0.25) is 4.79 Å². The van der Waals surface area contributed by atoms with Crippen molar-refractivity contribution < 1.29 is 4.79 Å². The number of hydrogen-bond donors (Lipinski definition) is 2. The van der Waals surface area contributed by atoms with Gasteiger partial charge >= 0.3 is 0 Å². The van der Waals surface area contributed by atoms with Crippen molar-refractivity contribution in [2.45, 2.75) is 57.0 Å². The lowest BCUT2D eigenvalue weighted by atomic mass is 10.1. The molecular weight excluding hydrogens is 202 g/mol. The summed E-state index contributed by atoms with van der Waals surface area (Å²) in [5.74, 6) is -0.394. The second kappa shape index (κ2) is 6.86. The van der Waals surface area contributed by atoms with Crippen LogP contribution in [0.3, 0.4) is 0 Å². The van der Waals surface area contributed by atoms with Gasteiger partial charge in [0.1, 0.15) is 0 Å². The summed E-state index contributed by atoms with van der Waals surface area (Å²) >= 11 is 0. The highest BCUT2D eigenvalue weighted by Crippen LogP contribution is 2.21. The van der Waals surface area contributed by atoms with Gasteiger partial charge in [-0.15, -0.1) is 0 Å². The van der Waals surface area contributed by atoms with Crippen LogP contribution in [0.2, 0.25) is 0 Å². The summed E-state index contributed by atoms with van der Waals surface area (Å²) in [6, 6.07) is 0.177. The third kappa shape index (κ3) is 4.49. The van der Waals surface area contributed by atoms with E-state index in [4.69, 9.17) is 11.5 Å². The van der Waals surface area contributed by atoms with Gasteiger partial charge in [0.2, 0.25) is 5.91 Å². The van der Waals surface area contributed by atoms with Crippen LogP contribution < -0.4 is 11.5 Å². The van der Waals surface area contributed by atoms with Crippen LogP contribution in [0.4, 0.5) is 0 Å². The molecule has 0 aromatic rings. The van der Waals surface area contributed by atoms with E-state index in [0.717, 1.165) is 6.54 Å². The van der Waals surface area contributed by atoms with Gasteiger partial charge in [-0.05, 0) is 26.3 Å². The molecule has 1 amide bonds. The van der Waals surface area contributed by atoms with Crippen molar-refractivity contribution in [3.8, 4) is 0 Å². The number of nitrogens with two attached hydrogens (primary N) is 2. The Labute approximate surface area is 98.3 Å². The molecule has 1 atom stereocenters. The SMILES string of the molecule is CN(CCC(N)C(N)=O)C1CCCCCC1. The van der Waals surface area contributed by atoms with Crippen molar-refractivity contribution in [2.75, 3.05) is 13.6 Å². The highest BCUT2D eigenvalue weighted by atomic mass is 16.1. The van der Waals surface area contributed by atoms with E-state index in [9.17, 15) is 4.79 Å². The van der Waals surface area contributed by atoms with Crippen molar-refractivity contribution >= 4 is 5.91 Å². The van der Waals surface area contributed by atoms with Crippen LogP contribution in [-0.2, 0) is 4.79 Å². The number of rotatable bonds is 5. The van der Waals surface area contributed by atoms with Gasteiger partial charge in [-0.25, -0.2) is 0 Å². The Morgan fingerprint density at radius 1 is 1.31 bits per heavy atom. The molecule has 1 unspecified atom stereocenters. The molecule has 4 nitrogen and oxygen atoms in total. The zero-order chi connectivity index (χ0) is 12.0. The first-order valence-electron chi connectivity index (χ1n) is 6.36. The van der Waals surface area contributed by atoms with E-state index in [1.807, 2.05) is 0 Å². The number of amides is 1. The molecule has 0 saturated heterocycles. The number of primary amides is 1. The second-order valence-corrected chi connectivity index (χ2v) is 4.92. The Kier molecular flexibility index (Phi) is 5.77. The maximum Gasteiger partial charge on any atom is 0.234 e. The molecule has 0 aromatic carbocycles. The minimum Gasteiger partial charge on any atom is -0.368 e. The van der Waals surface area contributed by atoms with Gasteiger partial charge in [0.25, 0.3) is 0 Å². The summed E-state index contributed by atoms with van der Waals surface area (Å²) in [6.45, 7) is 0.870. The molecule has 0 spiro atoms. The fraction of sp³-hybridized carbons (Fsp3) is 0.917. The zero-order valence-electron chi connectivity index (χ0n) is 10.3. The lowest BCUT2D eigenvalue weighted by Crippen LogP contribution is -2.41. The van der Waals surface area contributed by atoms with Crippen LogP contribution in [0.25, 0.3) is 0 Å². The zero-order valence-corrected chi connectivity index (χ0v) is 10.3. The quantitative estimate of drug-likeness (QED) is 0.684. The van der Waals surface area contributed by atoms with E-state index in [0.29, 0.717) is 12.5 Å². The van der Waals surface area contributed by atoms with Gasteiger partial charge < -0.3 is 16.4 Å². The van der Waals surface area contributed by atoms with E-state index in [1.54, 1.807) is 0 Å². The molecule has 0 aromatic heterocycles. The lowest BCUT2D eigenvalue weighted by molar-refractivity contribution is -0.119. The van der Waals surface area contributed by atoms with Crippen molar-refractivity contribution in [3.05, 3.63) is 0 Å². The predicted molar refractivity (Wildman–Crippen MR) is 65.9 cm³/mol. The molecule has 16 heavy (non-hydrogen) atoms. The Balaban J connectivity index is 2.27. The second-order valence-electron chi connectivity index (χ2n) is 4.92. The molecule has 1 rings (SSSR count). The average Bonchev–Trinajstić information content (AvgIpc) is 2.53. The van der Waals surface area contributed by atoms with Crippen LogP contribution >= 0.6 is 0 Å². The Bertz CT molecular complexity index is 212. The van der Waals surface area contributed by atoms with Crippen molar-refractivity contribution in [2.24, 2.45) is 11.5 Å². The normalized spacial score (nSPS) is 20.7. The topological polar surface area (TPSA) is 72.3 Å². The van der Waals surface area contributed by atoms with Gasteiger partial charge in [-0.1, -0.05) is 25.7 Å². The monoisotopic (exact) mass is 227 g/mol. The van der Waals surface area contributed by atoms with Gasteiger partial charge in [0.05, 0.1) is 6.04 Å². The minimum absolute atomic E-state index is 0.394. The van der Waals surface area contributed by atoms with Crippen LogP contribution in [0.5, 0.6) is 0 Å². The Morgan fingerprint density at radius 3 is 2.38 bits per heavy atom. The van der Waals surface area contributed by atoms with E-state index < -0.39 is 11.9 Å². The maximum atomic E-state index is 10.8. The third-order valence-corrected chi connectivity index (χ3v) is 3.61. The number of nitrogens with zero attached hydrogens (tertiary/aromatic N) is 1. The van der Waals surface area contributed by atoms with Crippen molar-refractivity contribution in [3.63, 3.8) is 0 Å². The summed E-state index contributed by atoms with van der Waals surface area (Å²) < 4.78 is 0. The molecule has 0 bridgehead atoms. The number of carbonyl (C=O) groups excluding carboxylic acids is 1. The van der Waals surface area contributed by atoms with E-state index in [-0.39, 0.29) is 0 Å². The Morgan fingerprint density at radius 2 is 1.88 bits per heavy atom. The van der Waals surface area contributed by atoms with E-state index >= 15 is 0 Å². The van der Waals surface area contributed by atoms with Gasteiger partial charge in [-0.2, -0.15) is 0 Å². The highest BCUT2D eigenvalue weighted by molar-refractivity contribution is 5.79. The fourth-order valence-electron chi connectivity index (χ4n) is 2.37. The summed E-state index contributed by atoms with van der Waals surface area (Å²) in [5, 5.41) is 0. The highest BCUT2D eigenvalue weighted by Gasteiger charge is 2.18. The standard InChI is InChI=1S/C12H25N3O/c1-15(9-8-11(13)12(14)16)10-6-4-2-3-5-7-10/h10-11H,2-9,13H2,1H3,(H2,14,16). The summed E-state index contributed by atoms with van der Waals surface area (Å²) in [6.07, 6.45) is 8.62.